The molecule has 0 spiro atoms. The highest BCUT2D eigenvalue weighted by Gasteiger charge is 2.25. The van der Waals surface area contributed by atoms with Crippen LogP contribution in [0.4, 0.5) is 0 Å². The van der Waals surface area contributed by atoms with E-state index in [1.807, 2.05) is 0 Å². The minimum atomic E-state index is -0.0420. The van der Waals surface area contributed by atoms with E-state index in [2.05, 4.69) is 34.5 Å². The molecule has 1 aromatic rings. The Morgan fingerprint density at radius 2 is 2.05 bits per heavy atom. The number of nitrogens with zero attached hydrogens (tertiary/aromatic N) is 2. The second-order valence-electron chi connectivity index (χ2n) is 5.07. The van der Waals surface area contributed by atoms with Crippen LogP contribution in [0.5, 0.6) is 0 Å². The number of hydrogen-bond donors (Lipinski definition) is 0. The second kappa shape index (κ2) is 7.18. The van der Waals surface area contributed by atoms with Crippen LogP contribution in [-0.4, -0.2) is 17.1 Å². The molecule has 1 saturated carbocycles. The number of aromatic nitrogens is 2. The molecule has 2 rings (SSSR count). The van der Waals surface area contributed by atoms with Crippen LogP contribution in [0.15, 0.2) is 0 Å². The van der Waals surface area contributed by atoms with Crippen molar-refractivity contribution in [1.29, 1.82) is 0 Å². The van der Waals surface area contributed by atoms with Crippen LogP contribution in [-0.2, 0) is 4.74 Å². The summed E-state index contributed by atoms with van der Waals surface area (Å²) in [6, 6.07) is 0. The zero-order chi connectivity index (χ0) is 13.8. The molecular formula is C14H20ClIN2O. The average Bonchev–Trinajstić information content (AvgIpc) is 2.93. The van der Waals surface area contributed by atoms with E-state index in [0.717, 1.165) is 27.9 Å². The van der Waals surface area contributed by atoms with E-state index in [9.17, 15) is 0 Å². The van der Waals surface area contributed by atoms with Gasteiger partial charge in [0.15, 0.2) is 5.82 Å². The third kappa shape index (κ3) is 3.58. The summed E-state index contributed by atoms with van der Waals surface area (Å²) in [5, 5.41) is 0.575. The van der Waals surface area contributed by atoms with Gasteiger partial charge in [0.1, 0.15) is 11.3 Å². The van der Waals surface area contributed by atoms with Crippen molar-refractivity contribution in [3.8, 4) is 0 Å². The van der Waals surface area contributed by atoms with Gasteiger partial charge < -0.3 is 4.74 Å². The van der Waals surface area contributed by atoms with E-state index < -0.39 is 0 Å². The Hall–Kier alpha value is 0.0600. The first-order chi connectivity index (χ1) is 9.17. The van der Waals surface area contributed by atoms with E-state index in [0.29, 0.717) is 11.1 Å². The SMILES string of the molecule is CCCC(OC)c1nc(Cl)c(I)c(C2CCCC2)n1. The number of hydrogen-bond acceptors (Lipinski definition) is 3. The number of halogens is 2. The molecule has 0 bridgehead atoms. The quantitative estimate of drug-likeness (QED) is 0.527. The van der Waals surface area contributed by atoms with Crippen molar-refractivity contribution in [2.75, 3.05) is 7.11 Å². The van der Waals surface area contributed by atoms with Crippen molar-refractivity contribution in [2.24, 2.45) is 0 Å². The fourth-order valence-electron chi connectivity index (χ4n) is 2.68. The van der Waals surface area contributed by atoms with Gasteiger partial charge in [-0.2, -0.15) is 0 Å². The predicted octanol–water partition coefficient (Wildman–Crippen LogP) is 4.88. The van der Waals surface area contributed by atoms with Crippen LogP contribution in [0, 0.1) is 3.57 Å². The third-order valence-corrected chi connectivity index (χ3v) is 5.37. The van der Waals surface area contributed by atoms with Crippen molar-refractivity contribution in [3.63, 3.8) is 0 Å². The summed E-state index contributed by atoms with van der Waals surface area (Å²) in [6.45, 7) is 2.14. The van der Waals surface area contributed by atoms with Gasteiger partial charge in [0.05, 0.1) is 9.26 Å². The predicted molar refractivity (Wildman–Crippen MR) is 85.6 cm³/mol. The molecular weight excluding hydrogens is 375 g/mol. The van der Waals surface area contributed by atoms with Gasteiger partial charge in [0, 0.05) is 13.0 Å². The fraction of sp³-hybridized carbons (Fsp3) is 0.714. The highest BCUT2D eigenvalue weighted by atomic mass is 127. The largest absolute Gasteiger partial charge is 0.373 e. The third-order valence-electron chi connectivity index (χ3n) is 3.72. The highest BCUT2D eigenvalue weighted by Crippen LogP contribution is 2.37. The molecule has 1 heterocycles. The molecule has 0 amide bonds. The van der Waals surface area contributed by atoms with Gasteiger partial charge >= 0.3 is 0 Å². The Bertz CT molecular complexity index is 436. The van der Waals surface area contributed by atoms with E-state index in [1.165, 1.54) is 25.7 Å². The molecule has 3 nitrogen and oxygen atoms in total. The first kappa shape index (κ1) is 15.4. The van der Waals surface area contributed by atoms with Crippen molar-refractivity contribution in [2.45, 2.75) is 57.5 Å². The van der Waals surface area contributed by atoms with Crippen LogP contribution in [0.3, 0.4) is 0 Å². The maximum Gasteiger partial charge on any atom is 0.159 e. The molecule has 1 aromatic heterocycles. The van der Waals surface area contributed by atoms with E-state index in [-0.39, 0.29) is 6.10 Å². The number of methoxy groups -OCH3 is 1. The summed E-state index contributed by atoms with van der Waals surface area (Å²) in [4.78, 5) is 9.19. The Morgan fingerprint density at radius 1 is 1.37 bits per heavy atom. The van der Waals surface area contributed by atoms with Gasteiger partial charge in [-0.15, -0.1) is 0 Å². The highest BCUT2D eigenvalue weighted by molar-refractivity contribution is 14.1. The molecule has 1 aliphatic rings. The Kier molecular flexibility index (Phi) is 5.84. The summed E-state index contributed by atoms with van der Waals surface area (Å²) in [7, 11) is 1.71. The van der Waals surface area contributed by atoms with Crippen LogP contribution in [0.2, 0.25) is 5.15 Å². The number of rotatable bonds is 5. The summed E-state index contributed by atoms with van der Waals surface area (Å²) < 4.78 is 6.52. The molecule has 0 radical (unpaired) electrons. The number of ether oxygens (including phenoxy) is 1. The molecule has 1 fully saturated rings. The summed E-state index contributed by atoms with van der Waals surface area (Å²) in [5.41, 5.74) is 1.13. The van der Waals surface area contributed by atoms with Crippen molar-refractivity contribution < 1.29 is 4.74 Å². The smallest absolute Gasteiger partial charge is 0.159 e. The maximum atomic E-state index is 6.28. The Labute approximate surface area is 133 Å². The van der Waals surface area contributed by atoms with Crippen molar-refractivity contribution in [1.82, 2.24) is 9.97 Å². The zero-order valence-electron chi connectivity index (χ0n) is 11.5. The van der Waals surface area contributed by atoms with E-state index >= 15 is 0 Å². The lowest BCUT2D eigenvalue weighted by atomic mass is 10.0. The van der Waals surface area contributed by atoms with Gasteiger partial charge in [-0.05, 0) is 41.9 Å². The fourth-order valence-corrected chi connectivity index (χ4v) is 3.55. The second-order valence-corrected chi connectivity index (χ2v) is 6.50. The molecule has 1 aliphatic carbocycles. The minimum Gasteiger partial charge on any atom is -0.373 e. The first-order valence-electron chi connectivity index (χ1n) is 6.93. The van der Waals surface area contributed by atoms with Gasteiger partial charge in [0.25, 0.3) is 0 Å². The topological polar surface area (TPSA) is 35.0 Å². The summed E-state index contributed by atoms with van der Waals surface area (Å²) >= 11 is 8.55. The Balaban J connectivity index is 2.34. The van der Waals surface area contributed by atoms with Crippen LogP contribution in [0.25, 0.3) is 0 Å². The summed E-state index contributed by atoms with van der Waals surface area (Å²) in [6.07, 6.45) is 6.95. The first-order valence-corrected chi connectivity index (χ1v) is 8.38. The monoisotopic (exact) mass is 394 g/mol. The van der Waals surface area contributed by atoms with Crippen LogP contribution >= 0.6 is 34.2 Å². The average molecular weight is 395 g/mol. The van der Waals surface area contributed by atoms with Crippen molar-refractivity contribution >= 4 is 34.2 Å². The lowest BCUT2D eigenvalue weighted by Crippen LogP contribution is -2.12. The van der Waals surface area contributed by atoms with E-state index in [1.54, 1.807) is 7.11 Å². The molecule has 0 saturated heterocycles. The molecule has 106 valence electrons. The molecule has 0 aliphatic heterocycles. The minimum absolute atomic E-state index is 0.0420. The molecule has 19 heavy (non-hydrogen) atoms. The van der Waals surface area contributed by atoms with Gasteiger partial charge in [0.2, 0.25) is 0 Å². The van der Waals surface area contributed by atoms with Crippen LogP contribution < -0.4 is 0 Å². The van der Waals surface area contributed by atoms with Gasteiger partial charge in [-0.1, -0.05) is 37.8 Å². The summed E-state index contributed by atoms with van der Waals surface area (Å²) in [5.74, 6) is 1.29. The molecule has 0 N–H and O–H groups in total. The van der Waals surface area contributed by atoms with Gasteiger partial charge in [-0.25, -0.2) is 9.97 Å². The standard InChI is InChI=1S/C14H20ClIN2O/c1-3-6-10(19-2)14-17-12(9-7-4-5-8-9)11(16)13(15)18-14/h9-10H,3-8H2,1-2H3. The lowest BCUT2D eigenvalue weighted by molar-refractivity contribution is 0.0873. The molecule has 1 unspecified atom stereocenters. The molecule has 0 aromatic carbocycles. The Morgan fingerprint density at radius 3 is 2.63 bits per heavy atom. The molecule has 1 atom stereocenters. The maximum absolute atomic E-state index is 6.28. The van der Waals surface area contributed by atoms with Gasteiger partial charge in [-0.3, -0.25) is 0 Å². The zero-order valence-corrected chi connectivity index (χ0v) is 14.4. The van der Waals surface area contributed by atoms with Crippen LogP contribution in [0.1, 0.15) is 69.0 Å². The molecule has 5 heteroatoms. The lowest BCUT2D eigenvalue weighted by Gasteiger charge is -2.17. The normalized spacial score (nSPS) is 17.9. The van der Waals surface area contributed by atoms with Crippen molar-refractivity contribution in [3.05, 3.63) is 20.2 Å². The van der Waals surface area contributed by atoms with E-state index in [4.69, 9.17) is 21.3 Å².